The van der Waals surface area contributed by atoms with E-state index in [1.54, 1.807) is 48.5 Å². The first kappa shape index (κ1) is 16.0. The summed E-state index contributed by atoms with van der Waals surface area (Å²) in [7, 11) is 0. The maximum Gasteiger partial charge on any atom is 0.416 e. The van der Waals surface area contributed by atoms with Crippen molar-refractivity contribution in [3.05, 3.63) is 78.1 Å². The first-order valence-corrected chi connectivity index (χ1v) is 7.41. The molecule has 6 nitrogen and oxygen atoms in total. The van der Waals surface area contributed by atoms with E-state index in [-0.39, 0.29) is 5.95 Å². The number of para-hydroxylation sites is 1. The number of nitrogens with zero attached hydrogens (tertiary/aromatic N) is 3. The van der Waals surface area contributed by atoms with Crippen LogP contribution in [0.15, 0.2) is 67.0 Å². The Labute approximate surface area is 144 Å². The third kappa shape index (κ3) is 3.92. The van der Waals surface area contributed by atoms with Crippen LogP contribution in [0.5, 0.6) is 0 Å². The molecule has 0 radical (unpaired) electrons. The van der Waals surface area contributed by atoms with Gasteiger partial charge in [0.1, 0.15) is 0 Å². The van der Waals surface area contributed by atoms with Crippen molar-refractivity contribution >= 4 is 23.4 Å². The molecule has 0 aliphatic heterocycles. The van der Waals surface area contributed by atoms with Gasteiger partial charge in [-0.2, -0.15) is 0 Å². The molecule has 122 valence electrons. The van der Waals surface area contributed by atoms with Crippen LogP contribution >= 0.6 is 0 Å². The molecular weight excluding hydrogens is 316 g/mol. The van der Waals surface area contributed by atoms with E-state index in [0.717, 1.165) is 0 Å². The minimum absolute atomic E-state index is 0.188. The lowest BCUT2D eigenvalue weighted by molar-refractivity contribution is 0.205. The lowest BCUT2D eigenvalue weighted by Crippen LogP contribution is -2.23. The number of carbonyl (C=O) groups is 1. The van der Waals surface area contributed by atoms with Crippen LogP contribution in [0.2, 0.25) is 0 Å². The highest BCUT2D eigenvalue weighted by Crippen LogP contribution is 2.25. The monoisotopic (exact) mass is 330 g/mol. The number of benzene rings is 2. The van der Waals surface area contributed by atoms with Crippen molar-refractivity contribution < 1.29 is 9.90 Å². The highest BCUT2D eigenvalue weighted by atomic mass is 16.4. The van der Waals surface area contributed by atoms with Gasteiger partial charge in [0, 0.05) is 18.0 Å². The summed E-state index contributed by atoms with van der Waals surface area (Å²) in [5.74, 6) is 6.09. The molecular formula is C19H14N4O2. The van der Waals surface area contributed by atoms with Crippen LogP contribution in [-0.2, 0) is 0 Å². The van der Waals surface area contributed by atoms with Crippen LogP contribution in [0.3, 0.4) is 0 Å². The Hall–Kier alpha value is -3.85. The Bertz CT molecular complexity index is 944. The summed E-state index contributed by atoms with van der Waals surface area (Å²) in [6.07, 6.45) is 2.00. The van der Waals surface area contributed by atoms with Crippen LogP contribution in [0.25, 0.3) is 0 Å². The maximum atomic E-state index is 11.7. The minimum atomic E-state index is -1.07. The molecule has 3 rings (SSSR count). The molecule has 1 aromatic heterocycles. The molecule has 1 heterocycles. The minimum Gasteiger partial charge on any atom is -0.464 e. The van der Waals surface area contributed by atoms with E-state index in [1.807, 2.05) is 6.07 Å². The van der Waals surface area contributed by atoms with Crippen molar-refractivity contribution in [3.63, 3.8) is 0 Å². The molecule has 0 saturated heterocycles. The van der Waals surface area contributed by atoms with Gasteiger partial charge in [-0.05, 0) is 30.3 Å². The summed E-state index contributed by atoms with van der Waals surface area (Å²) in [5, 5.41) is 9.57. The zero-order valence-corrected chi connectivity index (χ0v) is 13.1. The molecule has 2 aromatic carbocycles. The topological polar surface area (TPSA) is 92.3 Å². The first-order chi connectivity index (χ1) is 12.1. The molecule has 3 aromatic rings. The maximum absolute atomic E-state index is 11.7. The van der Waals surface area contributed by atoms with E-state index in [1.165, 1.54) is 17.3 Å². The van der Waals surface area contributed by atoms with Gasteiger partial charge in [0.2, 0.25) is 5.95 Å². The number of hydrogen-bond donors (Lipinski definition) is 2. The van der Waals surface area contributed by atoms with E-state index in [9.17, 15) is 9.90 Å². The van der Waals surface area contributed by atoms with Gasteiger partial charge < -0.3 is 10.8 Å². The second kappa shape index (κ2) is 7.15. The number of hydrogen-bond acceptors (Lipinski definition) is 4. The number of aromatic nitrogens is 2. The van der Waals surface area contributed by atoms with Crippen molar-refractivity contribution in [3.8, 4) is 11.8 Å². The molecule has 0 spiro atoms. The number of rotatable bonds is 2. The summed E-state index contributed by atoms with van der Waals surface area (Å²) in [4.78, 5) is 20.6. The number of nitrogens with two attached hydrogens (primary N) is 1. The summed E-state index contributed by atoms with van der Waals surface area (Å²) in [6.45, 7) is 0. The van der Waals surface area contributed by atoms with E-state index in [0.29, 0.717) is 22.5 Å². The molecule has 0 aliphatic carbocycles. The van der Waals surface area contributed by atoms with Crippen molar-refractivity contribution in [1.29, 1.82) is 0 Å². The molecule has 0 bridgehead atoms. The predicted octanol–water partition coefficient (Wildman–Crippen LogP) is 3.27. The van der Waals surface area contributed by atoms with Crippen molar-refractivity contribution in [2.24, 2.45) is 0 Å². The Morgan fingerprint density at radius 1 is 0.920 bits per heavy atom. The van der Waals surface area contributed by atoms with E-state index >= 15 is 0 Å². The summed E-state index contributed by atoms with van der Waals surface area (Å²) in [6, 6.07) is 15.9. The number of amides is 1. The summed E-state index contributed by atoms with van der Waals surface area (Å²) >= 11 is 0. The van der Waals surface area contributed by atoms with Crippen LogP contribution in [0.4, 0.5) is 22.1 Å². The Balaban J connectivity index is 1.93. The van der Waals surface area contributed by atoms with Gasteiger partial charge in [-0.25, -0.2) is 19.7 Å². The van der Waals surface area contributed by atoms with Crippen molar-refractivity contribution in [2.45, 2.75) is 0 Å². The number of anilines is 3. The molecule has 25 heavy (non-hydrogen) atoms. The molecule has 0 fully saturated rings. The van der Waals surface area contributed by atoms with Gasteiger partial charge in [-0.15, -0.1) is 0 Å². The average molecular weight is 330 g/mol. The SMILES string of the molecule is Nc1ncc(C#Cc2cccc(N(C(=O)O)c3ccccc3)c2)cn1. The molecule has 0 atom stereocenters. The van der Waals surface area contributed by atoms with Crippen molar-refractivity contribution in [2.75, 3.05) is 10.6 Å². The third-order valence-electron chi connectivity index (χ3n) is 3.33. The first-order valence-electron chi connectivity index (χ1n) is 7.41. The fourth-order valence-corrected chi connectivity index (χ4v) is 2.22. The normalized spacial score (nSPS) is 9.76. The molecule has 0 unspecified atom stereocenters. The highest BCUT2D eigenvalue weighted by molar-refractivity contribution is 5.94. The standard InChI is InChI=1S/C19H14N4O2/c20-18-21-12-15(13-22-18)10-9-14-5-4-8-17(11-14)23(19(24)25)16-6-2-1-3-7-16/h1-8,11-13H,(H,24,25)(H2,20,21,22). The number of nitrogen functional groups attached to an aromatic ring is 1. The second-order valence-electron chi connectivity index (χ2n) is 5.08. The zero-order chi connectivity index (χ0) is 17.6. The summed E-state index contributed by atoms with van der Waals surface area (Å²) < 4.78 is 0. The van der Waals surface area contributed by atoms with Gasteiger partial charge in [-0.3, -0.25) is 0 Å². The fourth-order valence-electron chi connectivity index (χ4n) is 2.22. The Morgan fingerprint density at radius 2 is 1.56 bits per heavy atom. The van der Waals surface area contributed by atoms with Crippen LogP contribution in [0.1, 0.15) is 11.1 Å². The Kier molecular flexibility index (Phi) is 4.58. The van der Waals surface area contributed by atoms with Gasteiger partial charge in [-0.1, -0.05) is 36.1 Å². The third-order valence-corrected chi connectivity index (χ3v) is 3.33. The molecule has 6 heteroatoms. The van der Waals surface area contributed by atoms with Crippen molar-refractivity contribution in [1.82, 2.24) is 9.97 Å². The van der Waals surface area contributed by atoms with Gasteiger partial charge >= 0.3 is 6.09 Å². The van der Waals surface area contributed by atoms with Crippen LogP contribution < -0.4 is 10.6 Å². The fraction of sp³-hybridized carbons (Fsp3) is 0. The van der Waals surface area contributed by atoms with Gasteiger partial charge in [0.25, 0.3) is 0 Å². The van der Waals surface area contributed by atoms with E-state index in [2.05, 4.69) is 21.8 Å². The van der Waals surface area contributed by atoms with Crippen LogP contribution in [0, 0.1) is 11.8 Å². The average Bonchev–Trinajstić information content (AvgIpc) is 2.62. The lowest BCUT2D eigenvalue weighted by atomic mass is 10.1. The molecule has 3 N–H and O–H groups in total. The highest BCUT2D eigenvalue weighted by Gasteiger charge is 2.16. The molecule has 1 amide bonds. The molecule has 0 saturated carbocycles. The predicted molar refractivity (Wildman–Crippen MR) is 95.5 cm³/mol. The number of carboxylic acid groups (broad SMARTS) is 1. The quantitative estimate of drug-likeness (QED) is 0.704. The molecule has 0 aliphatic rings. The Morgan fingerprint density at radius 3 is 2.24 bits per heavy atom. The summed E-state index contributed by atoms with van der Waals surface area (Å²) in [5.41, 5.74) is 7.81. The van der Waals surface area contributed by atoms with E-state index < -0.39 is 6.09 Å². The zero-order valence-electron chi connectivity index (χ0n) is 13.1. The van der Waals surface area contributed by atoms with Crippen LogP contribution in [-0.4, -0.2) is 21.2 Å². The largest absolute Gasteiger partial charge is 0.464 e. The van der Waals surface area contributed by atoms with Gasteiger partial charge in [0.05, 0.1) is 16.9 Å². The lowest BCUT2D eigenvalue weighted by Gasteiger charge is -2.19. The van der Waals surface area contributed by atoms with Gasteiger partial charge in [0.15, 0.2) is 0 Å². The smallest absolute Gasteiger partial charge is 0.416 e. The van der Waals surface area contributed by atoms with E-state index in [4.69, 9.17) is 5.73 Å². The second-order valence-corrected chi connectivity index (χ2v) is 5.08.